The Morgan fingerprint density at radius 3 is 2.70 bits per heavy atom. The monoisotopic (exact) mass is 438 g/mol. The van der Waals surface area contributed by atoms with Crippen molar-refractivity contribution < 1.29 is 14.3 Å². The molecule has 0 saturated carbocycles. The van der Waals surface area contributed by atoms with E-state index in [0.717, 1.165) is 46.6 Å². The summed E-state index contributed by atoms with van der Waals surface area (Å²) < 4.78 is 13.1. The molecule has 0 saturated heterocycles. The summed E-state index contributed by atoms with van der Waals surface area (Å²) in [5.41, 5.74) is 4.30. The summed E-state index contributed by atoms with van der Waals surface area (Å²) in [5.74, 6) is 2.60. The number of carbonyl (C=O) groups excluding carboxylic acids is 1. The molecule has 0 N–H and O–H groups in total. The number of methoxy groups -OCH3 is 1. The van der Waals surface area contributed by atoms with E-state index in [2.05, 4.69) is 10.1 Å². The average Bonchev–Trinajstić information content (AvgIpc) is 3.26. The molecule has 33 heavy (non-hydrogen) atoms. The second-order valence-corrected chi connectivity index (χ2v) is 8.34. The standard InChI is InChI=1S/C26H22N4O3/c1-32-18-12-10-16(11-13-18)14-21-28-25-24-22(17-6-3-2-4-7-17)23-19(31)8-5-9-20(23)33-26(24)27-15-30(25)29-21/h2-4,6-7,10-13,15,22H,5,8-9,14H2,1H3. The van der Waals surface area contributed by atoms with E-state index in [1.165, 1.54) is 0 Å². The van der Waals surface area contributed by atoms with Gasteiger partial charge in [-0.25, -0.2) is 14.5 Å². The molecular formula is C26H22N4O3. The number of allylic oxidation sites excluding steroid dienone is 2. The van der Waals surface area contributed by atoms with Gasteiger partial charge in [-0.1, -0.05) is 42.5 Å². The van der Waals surface area contributed by atoms with Crippen molar-refractivity contribution in [2.24, 2.45) is 0 Å². The smallest absolute Gasteiger partial charge is 0.228 e. The van der Waals surface area contributed by atoms with Gasteiger partial charge in [0, 0.05) is 30.8 Å². The summed E-state index contributed by atoms with van der Waals surface area (Å²) in [6.07, 6.45) is 4.29. The summed E-state index contributed by atoms with van der Waals surface area (Å²) in [6, 6.07) is 17.9. The van der Waals surface area contributed by atoms with Crippen molar-refractivity contribution in [3.63, 3.8) is 0 Å². The Morgan fingerprint density at radius 2 is 1.91 bits per heavy atom. The van der Waals surface area contributed by atoms with Gasteiger partial charge in [0.05, 0.1) is 12.7 Å². The number of ether oxygens (including phenoxy) is 2. The Hall–Kier alpha value is -4.00. The second kappa shape index (κ2) is 7.85. The Morgan fingerprint density at radius 1 is 1.09 bits per heavy atom. The lowest BCUT2D eigenvalue weighted by atomic mass is 9.78. The fourth-order valence-corrected chi connectivity index (χ4v) is 4.74. The van der Waals surface area contributed by atoms with Crippen molar-refractivity contribution in [2.75, 3.05) is 7.11 Å². The van der Waals surface area contributed by atoms with Crippen molar-refractivity contribution in [3.8, 4) is 11.6 Å². The van der Waals surface area contributed by atoms with E-state index < -0.39 is 0 Å². The maximum absolute atomic E-state index is 13.0. The van der Waals surface area contributed by atoms with Gasteiger partial charge in [0.15, 0.2) is 17.3 Å². The molecule has 2 aliphatic rings. The highest BCUT2D eigenvalue weighted by atomic mass is 16.5. The van der Waals surface area contributed by atoms with E-state index in [1.54, 1.807) is 18.0 Å². The van der Waals surface area contributed by atoms with Crippen molar-refractivity contribution in [2.45, 2.75) is 31.6 Å². The van der Waals surface area contributed by atoms with Crippen molar-refractivity contribution >= 4 is 11.4 Å². The highest BCUT2D eigenvalue weighted by molar-refractivity contribution is 6.00. The highest BCUT2D eigenvalue weighted by Gasteiger charge is 2.39. The second-order valence-electron chi connectivity index (χ2n) is 8.34. The molecule has 1 unspecified atom stereocenters. The number of fused-ring (bicyclic) bond motifs is 3. The van der Waals surface area contributed by atoms with E-state index in [1.807, 2.05) is 54.6 Å². The number of aromatic nitrogens is 4. The van der Waals surface area contributed by atoms with Crippen LogP contribution >= 0.6 is 0 Å². The fourth-order valence-electron chi connectivity index (χ4n) is 4.74. The number of Topliss-reactive ketones (excluding diaryl/α,β-unsaturated/α-hetero) is 1. The van der Waals surface area contributed by atoms with Crippen LogP contribution in [-0.4, -0.2) is 32.5 Å². The number of hydrogen-bond acceptors (Lipinski definition) is 6. The number of carbonyl (C=O) groups is 1. The highest BCUT2D eigenvalue weighted by Crippen LogP contribution is 2.46. The first-order valence-corrected chi connectivity index (χ1v) is 11.1. The van der Waals surface area contributed by atoms with Crippen LogP contribution in [0.15, 0.2) is 72.3 Å². The lowest BCUT2D eigenvalue weighted by Gasteiger charge is -2.31. The maximum atomic E-state index is 13.0. The predicted octanol–water partition coefficient (Wildman–Crippen LogP) is 4.26. The van der Waals surface area contributed by atoms with E-state index in [0.29, 0.717) is 30.2 Å². The largest absolute Gasteiger partial charge is 0.497 e. The van der Waals surface area contributed by atoms with E-state index in [-0.39, 0.29) is 11.7 Å². The molecule has 2 aromatic carbocycles. The molecular weight excluding hydrogens is 416 g/mol. The Balaban J connectivity index is 1.48. The van der Waals surface area contributed by atoms with Crippen molar-refractivity contribution in [3.05, 3.63) is 94.8 Å². The van der Waals surface area contributed by atoms with Crippen LogP contribution in [0.25, 0.3) is 5.65 Å². The van der Waals surface area contributed by atoms with Gasteiger partial charge in [0.1, 0.15) is 17.8 Å². The van der Waals surface area contributed by atoms with Crippen LogP contribution in [0.1, 0.15) is 47.7 Å². The lowest BCUT2D eigenvalue weighted by Crippen LogP contribution is -2.26. The zero-order valence-corrected chi connectivity index (χ0v) is 18.2. The quantitative estimate of drug-likeness (QED) is 0.474. The molecule has 2 aromatic heterocycles. The van der Waals surface area contributed by atoms with Gasteiger partial charge >= 0.3 is 0 Å². The van der Waals surface area contributed by atoms with Crippen LogP contribution in [0.2, 0.25) is 0 Å². The SMILES string of the molecule is COc1ccc(Cc2nc3c4c(ncn3n2)OC2=C(C(=O)CCC2)C4c2ccccc2)cc1. The van der Waals surface area contributed by atoms with Crippen molar-refractivity contribution in [1.29, 1.82) is 0 Å². The number of nitrogens with zero attached hydrogens (tertiary/aromatic N) is 4. The number of ketones is 1. The normalized spacial score (nSPS) is 17.5. The van der Waals surface area contributed by atoms with Crippen LogP contribution in [0.4, 0.5) is 0 Å². The molecule has 7 nitrogen and oxygen atoms in total. The summed E-state index contributed by atoms with van der Waals surface area (Å²) in [6.45, 7) is 0. The minimum Gasteiger partial charge on any atom is -0.497 e. The summed E-state index contributed by atoms with van der Waals surface area (Å²) in [7, 11) is 1.65. The Bertz CT molecular complexity index is 1390. The zero-order valence-electron chi connectivity index (χ0n) is 18.2. The van der Waals surface area contributed by atoms with E-state index >= 15 is 0 Å². The molecule has 0 amide bonds. The summed E-state index contributed by atoms with van der Waals surface area (Å²) in [5, 5.41) is 4.67. The van der Waals surface area contributed by atoms with Gasteiger partial charge in [-0.2, -0.15) is 0 Å². The minimum atomic E-state index is -0.271. The van der Waals surface area contributed by atoms with Crippen LogP contribution in [0, 0.1) is 0 Å². The zero-order chi connectivity index (χ0) is 22.4. The molecule has 3 heterocycles. The molecule has 1 aliphatic heterocycles. The first kappa shape index (κ1) is 19.7. The first-order chi connectivity index (χ1) is 16.2. The Labute approximate surface area is 190 Å². The molecule has 164 valence electrons. The summed E-state index contributed by atoms with van der Waals surface area (Å²) in [4.78, 5) is 22.5. The van der Waals surface area contributed by atoms with Gasteiger partial charge in [0.25, 0.3) is 0 Å². The third-order valence-corrected chi connectivity index (χ3v) is 6.29. The fraction of sp³-hybridized carbons (Fsp3) is 0.231. The van der Waals surface area contributed by atoms with Crippen LogP contribution in [0.5, 0.6) is 11.6 Å². The van der Waals surface area contributed by atoms with Crippen LogP contribution in [0.3, 0.4) is 0 Å². The third kappa shape index (κ3) is 3.36. The first-order valence-electron chi connectivity index (χ1n) is 11.1. The molecule has 0 radical (unpaired) electrons. The molecule has 0 fully saturated rings. The van der Waals surface area contributed by atoms with E-state index in [9.17, 15) is 4.79 Å². The average molecular weight is 438 g/mol. The predicted molar refractivity (Wildman–Crippen MR) is 121 cm³/mol. The van der Waals surface area contributed by atoms with Gasteiger partial charge < -0.3 is 9.47 Å². The third-order valence-electron chi connectivity index (χ3n) is 6.29. The number of rotatable bonds is 4. The lowest BCUT2D eigenvalue weighted by molar-refractivity contribution is -0.116. The maximum Gasteiger partial charge on any atom is 0.228 e. The number of hydrogen-bond donors (Lipinski definition) is 0. The minimum absolute atomic E-state index is 0.135. The summed E-state index contributed by atoms with van der Waals surface area (Å²) >= 11 is 0. The Kier molecular flexibility index (Phi) is 4.68. The molecule has 0 bridgehead atoms. The van der Waals surface area contributed by atoms with Gasteiger partial charge in [0.2, 0.25) is 5.88 Å². The topological polar surface area (TPSA) is 78.6 Å². The molecule has 6 rings (SSSR count). The molecule has 0 spiro atoms. The van der Waals surface area contributed by atoms with Crippen LogP contribution < -0.4 is 9.47 Å². The molecule has 7 heteroatoms. The molecule has 4 aromatic rings. The molecule has 1 aliphatic carbocycles. The van der Waals surface area contributed by atoms with E-state index in [4.69, 9.17) is 14.5 Å². The van der Waals surface area contributed by atoms with Crippen LogP contribution in [-0.2, 0) is 11.2 Å². The van der Waals surface area contributed by atoms with Crippen molar-refractivity contribution in [1.82, 2.24) is 19.6 Å². The van der Waals surface area contributed by atoms with Gasteiger partial charge in [-0.3, -0.25) is 4.79 Å². The van der Waals surface area contributed by atoms with Gasteiger partial charge in [-0.05, 0) is 29.7 Å². The van der Waals surface area contributed by atoms with Gasteiger partial charge in [-0.15, -0.1) is 5.10 Å². The molecule has 1 atom stereocenters. The number of benzene rings is 2.